The van der Waals surface area contributed by atoms with E-state index in [0.717, 1.165) is 50.8 Å². The van der Waals surface area contributed by atoms with E-state index in [0.29, 0.717) is 18.5 Å². The number of likely N-dealkylation sites (tertiary alicyclic amines) is 2. The molecule has 1 amide bonds. The van der Waals surface area contributed by atoms with E-state index in [-0.39, 0.29) is 0 Å². The van der Waals surface area contributed by atoms with Gasteiger partial charge in [-0.3, -0.25) is 9.69 Å². The lowest BCUT2D eigenvalue weighted by Gasteiger charge is -2.26. The molecular weight excluding hydrogens is 318 g/mol. The summed E-state index contributed by atoms with van der Waals surface area (Å²) >= 11 is 1.79. The Morgan fingerprint density at radius 3 is 2.67 bits per heavy atom. The van der Waals surface area contributed by atoms with Crippen molar-refractivity contribution in [3.63, 3.8) is 0 Å². The third-order valence-corrected chi connectivity index (χ3v) is 6.39. The zero-order valence-electron chi connectivity index (χ0n) is 14.1. The van der Waals surface area contributed by atoms with Crippen molar-refractivity contribution in [1.82, 2.24) is 14.8 Å². The molecule has 0 N–H and O–H groups in total. The van der Waals surface area contributed by atoms with E-state index in [1.807, 2.05) is 6.07 Å². The molecule has 4 rings (SSSR count). The lowest BCUT2D eigenvalue weighted by molar-refractivity contribution is -0.132. The molecule has 0 bridgehead atoms. The Hall–Kier alpha value is -1.46. The second-order valence-corrected chi connectivity index (χ2v) is 8.01. The van der Waals surface area contributed by atoms with Gasteiger partial charge in [0.25, 0.3) is 0 Å². The predicted octanol–water partition coefficient (Wildman–Crippen LogP) is 3.84. The Morgan fingerprint density at radius 1 is 1.08 bits per heavy atom. The molecule has 0 aliphatic carbocycles. The molecule has 1 aromatic heterocycles. The average Bonchev–Trinajstić information content (AvgIpc) is 3.12. The molecule has 1 aromatic carbocycles. The smallest absolute Gasteiger partial charge is 0.236 e. The van der Waals surface area contributed by atoms with Gasteiger partial charge in [0.15, 0.2) is 0 Å². The minimum absolute atomic E-state index is 0.310. The number of amides is 1. The van der Waals surface area contributed by atoms with Crippen molar-refractivity contribution in [2.24, 2.45) is 0 Å². The molecule has 1 atom stereocenters. The maximum Gasteiger partial charge on any atom is 0.236 e. The van der Waals surface area contributed by atoms with Gasteiger partial charge in [-0.1, -0.05) is 25.0 Å². The quantitative estimate of drug-likeness (QED) is 0.850. The van der Waals surface area contributed by atoms with Crippen molar-refractivity contribution in [2.45, 2.75) is 44.6 Å². The summed E-state index contributed by atoms with van der Waals surface area (Å²) < 4.78 is 1.25. The molecule has 2 fully saturated rings. The summed E-state index contributed by atoms with van der Waals surface area (Å²) in [5, 5.41) is 1.18. The van der Waals surface area contributed by atoms with Crippen LogP contribution in [0.1, 0.15) is 49.6 Å². The number of aromatic nitrogens is 1. The third-order valence-electron chi connectivity index (χ3n) is 5.26. The SMILES string of the molecule is O=C(CN1CCC[C@H]1c1nc2ccccc2s1)N1CCCCCC1. The fraction of sp³-hybridized carbons (Fsp3) is 0.579. The first-order valence-corrected chi connectivity index (χ1v) is 10.0. The van der Waals surface area contributed by atoms with Gasteiger partial charge in [-0.2, -0.15) is 0 Å². The number of hydrogen-bond acceptors (Lipinski definition) is 4. The first-order valence-electron chi connectivity index (χ1n) is 9.18. The number of thiazole rings is 1. The van der Waals surface area contributed by atoms with Gasteiger partial charge < -0.3 is 4.90 Å². The molecular formula is C19H25N3OS. The molecule has 0 unspecified atom stereocenters. The first kappa shape index (κ1) is 16.0. The van der Waals surface area contributed by atoms with Crippen LogP contribution in [0.3, 0.4) is 0 Å². The van der Waals surface area contributed by atoms with Crippen molar-refractivity contribution in [3.8, 4) is 0 Å². The van der Waals surface area contributed by atoms with Crippen LogP contribution in [0.4, 0.5) is 0 Å². The molecule has 24 heavy (non-hydrogen) atoms. The van der Waals surface area contributed by atoms with Crippen LogP contribution in [-0.4, -0.2) is 46.9 Å². The second-order valence-electron chi connectivity index (χ2n) is 6.94. The van der Waals surface area contributed by atoms with Crippen LogP contribution in [0.15, 0.2) is 24.3 Å². The largest absolute Gasteiger partial charge is 0.342 e. The summed E-state index contributed by atoms with van der Waals surface area (Å²) in [6.45, 7) is 3.46. The lowest BCUT2D eigenvalue weighted by Crippen LogP contribution is -2.40. The first-order chi connectivity index (χ1) is 11.8. The Morgan fingerprint density at radius 2 is 1.88 bits per heavy atom. The molecule has 128 valence electrons. The Kier molecular flexibility index (Phi) is 4.81. The highest BCUT2D eigenvalue weighted by atomic mass is 32.1. The summed E-state index contributed by atoms with van der Waals surface area (Å²) in [4.78, 5) is 22.0. The number of rotatable bonds is 3. The lowest BCUT2D eigenvalue weighted by atomic mass is 10.2. The zero-order chi connectivity index (χ0) is 16.4. The Bertz CT molecular complexity index is 672. The van der Waals surface area contributed by atoms with Crippen LogP contribution in [0.25, 0.3) is 10.2 Å². The molecule has 0 radical (unpaired) electrons. The van der Waals surface area contributed by atoms with Gasteiger partial charge in [0.1, 0.15) is 5.01 Å². The standard InChI is InChI=1S/C19H25N3OS/c23-18(21-11-5-1-2-6-12-21)14-22-13-7-9-16(22)19-20-15-8-3-4-10-17(15)24-19/h3-4,8,10,16H,1-2,5-7,9,11-14H2/t16-/m0/s1. The second kappa shape index (κ2) is 7.19. The third kappa shape index (κ3) is 3.33. The number of benzene rings is 1. The van der Waals surface area contributed by atoms with Gasteiger partial charge in [-0.25, -0.2) is 4.98 Å². The molecule has 0 spiro atoms. The summed E-state index contributed by atoms with van der Waals surface area (Å²) in [6.07, 6.45) is 7.13. The van der Waals surface area contributed by atoms with Crippen LogP contribution in [0, 0.1) is 0 Å². The maximum atomic E-state index is 12.7. The van der Waals surface area contributed by atoms with E-state index in [2.05, 4.69) is 28.0 Å². The Balaban J connectivity index is 1.47. The molecule has 2 saturated heterocycles. The number of fused-ring (bicyclic) bond motifs is 1. The topological polar surface area (TPSA) is 36.4 Å². The number of nitrogens with zero attached hydrogens (tertiary/aromatic N) is 3. The number of carbonyl (C=O) groups is 1. The van der Waals surface area contributed by atoms with Crippen LogP contribution < -0.4 is 0 Å². The fourth-order valence-corrected chi connectivity index (χ4v) is 5.06. The molecule has 0 saturated carbocycles. The summed E-state index contributed by atoms with van der Waals surface area (Å²) in [7, 11) is 0. The molecule has 4 nitrogen and oxygen atoms in total. The van der Waals surface area contributed by atoms with Gasteiger partial charge in [-0.05, 0) is 44.4 Å². The minimum Gasteiger partial charge on any atom is -0.342 e. The van der Waals surface area contributed by atoms with Gasteiger partial charge in [-0.15, -0.1) is 11.3 Å². The highest BCUT2D eigenvalue weighted by Gasteiger charge is 2.31. The van der Waals surface area contributed by atoms with E-state index >= 15 is 0 Å². The van der Waals surface area contributed by atoms with E-state index in [4.69, 9.17) is 4.98 Å². The molecule has 5 heteroatoms. The Labute approximate surface area is 147 Å². The van der Waals surface area contributed by atoms with Gasteiger partial charge in [0, 0.05) is 13.1 Å². The zero-order valence-corrected chi connectivity index (χ0v) is 14.9. The van der Waals surface area contributed by atoms with Crippen molar-refractivity contribution in [2.75, 3.05) is 26.2 Å². The monoisotopic (exact) mass is 343 g/mol. The molecule has 2 aromatic rings. The summed E-state index contributed by atoms with van der Waals surface area (Å²) in [5.74, 6) is 0.310. The van der Waals surface area contributed by atoms with Crippen molar-refractivity contribution in [3.05, 3.63) is 29.3 Å². The van der Waals surface area contributed by atoms with Gasteiger partial charge in [0.2, 0.25) is 5.91 Å². The van der Waals surface area contributed by atoms with Crippen LogP contribution in [0.5, 0.6) is 0 Å². The van der Waals surface area contributed by atoms with Crippen LogP contribution in [0.2, 0.25) is 0 Å². The summed E-state index contributed by atoms with van der Waals surface area (Å²) in [5.41, 5.74) is 1.09. The highest BCUT2D eigenvalue weighted by molar-refractivity contribution is 7.18. The molecule has 3 heterocycles. The van der Waals surface area contributed by atoms with Crippen molar-refractivity contribution >= 4 is 27.5 Å². The maximum absolute atomic E-state index is 12.7. The molecule has 2 aliphatic heterocycles. The highest BCUT2D eigenvalue weighted by Crippen LogP contribution is 2.36. The number of hydrogen-bond donors (Lipinski definition) is 0. The van der Waals surface area contributed by atoms with Gasteiger partial charge >= 0.3 is 0 Å². The van der Waals surface area contributed by atoms with E-state index < -0.39 is 0 Å². The number of para-hydroxylation sites is 1. The van der Waals surface area contributed by atoms with E-state index in [9.17, 15) is 4.79 Å². The summed E-state index contributed by atoms with van der Waals surface area (Å²) in [6, 6.07) is 8.65. The minimum atomic E-state index is 0.310. The molecule has 2 aliphatic rings. The normalized spacial score (nSPS) is 22.8. The average molecular weight is 343 g/mol. The number of carbonyl (C=O) groups excluding carboxylic acids is 1. The fourth-order valence-electron chi connectivity index (χ4n) is 3.92. The van der Waals surface area contributed by atoms with Gasteiger partial charge in [0.05, 0.1) is 22.8 Å². The van der Waals surface area contributed by atoms with E-state index in [1.54, 1.807) is 11.3 Å². The van der Waals surface area contributed by atoms with Crippen LogP contribution >= 0.6 is 11.3 Å². The van der Waals surface area contributed by atoms with Crippen molar-refractivity contribution < 1.29 is 4.79 Å². The predicted molar refractivity (Wildman–Crippen MR) is 98.2 cm³/mol. The van der Waals surface area contributed by atoms with Crippen molar-refractivity contribution in [1.29, 1.82) is 0 Å². The van der Waals surface area contributed by atoms with E-state index in [1.165, 1.54) is 22.5 Å². The van der Waals surface area contributed by atoms with Crippen LogP contribution in [-0.2, 0) is 4.79 Å².